The number of nitrogens with one attached hydrogen (secondary N) is 1. The second kappa shape index (κ2) is 5.79. The van der Waals surface area contributed by atoms with Crippen LogP contribution in [0.2, 0.25) is 5.22 Å². The van der Waals surface area contributed by atoms with Crippen LogP contribution >= 0.6 is 11.6 Å². The number of anilines is 2. The van der Waals surface area contributed by atoms with Crippen molar-refractivity contribution in [3.8, 4) is 0 Å². The van der Waals surface area contributed by atoms with Crippen LogP contribution in [0.3, 0.4) is 0 Å². The molecule has 0 saturated heterocycles. The van der Waals surface area contributed by atoms with Gasteiger partial charge in [-0.1, -0.05) is 12.1 Å². The van der Waals surface area contributed by atoms with Crippen LogP contribution in [-0.4, -0.2) is 27.6 Å². The van der Waals surface area contributed by atoms with Crippen molar-refractivity contribution in [3.63, 3.8) is 0 Å². The second-order valence-corrected chi connectivity index (χ2v) is 6.67. The molecule has 0 radical (unpaired) electrons. The fourth-order valence-electron chi connectivity index (χ4n) is 1.68. The number of sulfonamides is 1. The van der Waals surface area contributed by atoms with E-state index in [1.807, 2.05) is 0 Å². The normalized spacial score (nSPS) is 11.2. The average molecular weight is 329 g/mol. The van der Waals surface area contributed by atoms with Crippen LogP contribution < -0.4 is 9.62 Å². The topological polar surface area (TPSA) is 79.6 Å². The van der Waals surface area contributed by atoms with Crippen LogP contribution in [0.1, 0.15) is 10.4 Å². The summed E-state index contributed by atoms with van der Waals surface area (Å²) in [7, 11) is -2.03. The van der Waals surface area contributed by atoms with Crippen molar-refractivity contribution < 1.29 is 17.6 Å². The van der Waals surface area contributed by atoms with Crippen molar-refractivity contribution in [1.82, 2.24) is 0 Å². The Morgan fingerprint density at radius 3 is 2.52 bits per heavy atom. The van der Waals surface area contributed by atoms with Gasteiger partial charge in [0, 0.05) is 7.05 Å². The van der Waals surface area contributed by atoms with E-state index in [2.05, 4.69) is 5.32 Å². The fourth-order valence-corrected chi connectivity index (χ4v) is 2.39. The average Bonchev–Trinajstić information content (AvgIpc) is 2.84. The highest BCUT2D eigenvalue weighted by atomic mass is 35.5. The van der Waals surface area contributed by atoms with Crippen LogP contribution in [0.4, 0.5) is 11.4 Å². The Labute approximate surface area is 127 Å². The highest BCUT2D eigenvalue weighted by Crippen LogP contribution is 2.27. The highest BCUT2D eigenvalue weighted by molar-refractivity contribution is 7.92. The molecular formula is C13H13ClN2O4S. The van der Waals surface area contributed by atoms with Gasteiger partial charge in [-0.3, -0.25) is 9.10 Å². The van der Waals surface area contributed by atoms with E-state index in [9.17, 15) is 13.2 Å². The molecule has 21 heavy (non-hydrogen) atoms. The number of carbonyl (C=O) groups excluding carboxylic acids is 1. The number of hydrogen-bond donors (Lipinski definition) is 1. The first kappa shape index (κ1) is 15.4. The lowest BCUT2D eigenvalue weighted by Crippen LogP contribution is -2.26. The minimum Gasteiger partial charge on any atom is -0.452 e. The molecule has 0 aliphatic carbocycles. The van der Waals surface area contributed by atoms with E-state index in [1.54, 1.807) is 24.3 Å². The first-order valence-corrected chi connectivity index (χ1v) is 8.10. The van der Waals surface area contributed by atoms with Crippen LogP contribution in [0.5, 0.6) is 0 Å². The first-order valence-electron chi connectivity index (χ1n) is 5.88. The van der Waals surface area contributed by atoms with Crippen LogP contribution in [0.15, 0.2) is 41.0 Å². The van der Waals surface area contributed by atoms with Crippen molar-refractivity contribution >= 4 is 38.9 Å². The van der Waals surface area contributed by atoms with Crippen LogP contribution in [0.25, 0.3) is 0 Å². The lowest BCUT2D eigenvalue weighted by Gasteiger charge is -2.20. The summed E-state index contributed by atoms with van der Waals surface area (Å²) in [5.74, 6) is -0.483. The second-order valence-electron chi connectivity index (χ2n) is 4.31. The molecule has 0 bridgehead atoms. The molecular weight excluding hydrogens is 316 g/mol. The monoisotopic (exact) mass is 328 g/mol. The molecule has 1 N–H and O–H groups in total. The number of benzene rings is 1. The van der Waals surface area contributed by atoms with E-state index in [0.717, 1.165) is 10.6 Å². The Kier molecular flexibility index (Phi) is 4.24. The summed E-state index contributed by atoms with van der Waals surface area (Å²) >= 11 is 5.74. The molecule has 0 aliphatic rings. The summed E-state index contributed by atoms with van der Waals surface area (Å²) in [5.41, 5.74) is 0.883. The Balaban J connectivity index is 2.34. The highest BCUT2D eigenvalue weighted by Gasteiger charge is 2.19. The Morgan fingerprint density at radius 2 is 1.95 bits per heavy atom. The molecule has 112 valence electrons. The van der Waals surface area contributed by atoms with Gasteiger partial charge in [0.05, 0.1) is 29.5 Å². The lowest BCUT2D eigenvalue weighted by atomic mass is 10.2. The van der Waals surface area contributed by atoms with Crippen molar-refractivity contribution in [2.45, 2.75) is 0 Å². The predicted molar refractivity (Wildman–Crippen MR) is 81.4 cm³/mol. The molecule has 8 heteroatoms. The van der Waals surface area contributed by atoms with Gasteiger partial charge in [-0.15, -0.1) is 0 Å². The van der Waals surface area contributed by atoms with Crippen molar-refractivity contribution in [2.75, 3.05) is 22.9 Å². The van der Waals surface area contributed by atoms with Gasteiger partial charge in [0.1, 0.15) is 0 Å². The molecule has 2 aromatic rings. The molecule has 0 fully saturated rings. The quantitative estimate of drug-likeness (QED) is 0.935. The number of amides is 1. The maximum Gasteiger partial charge on any atom is 0.260 e. The number of carbonyl (C=O) groups is 1. The maximum absolute atomic E-state index is 12.1. The van der Waals surface area contributed by atoms with Crippen molar-refractivity contribution in [1.29, 1.82) is 0 Å². The molecule has 0 unspecified atom stereocenters. The van der Waals surface area contributed by atoms with Gasteiger partial charge in [0.25, 0.3) is 5.91 Å². The van der Waals surface area contributed by atoms with Gasteiger partial charge in [0.2, 0.25) is 15.2 Å². The number of furan rings is 1. The third kappa shape index (κ3) is 3.37. The Hall–Kier alpha value is -1.99. The molecule has 1 aromatic carbocycles. The molecule has 1 aromatic heterocycles. The van der Waals surface area contributed by atoms with Gasteiger partial charge >= 0.3 is 0 Å². The van der Waals surface area contributed by atoms with E-state index in [0.29, 0.717) is 11.4 Å². The number of nitrogens with zero attached hydrogens (tertiary/aromatic N) is 1. The fraction of sp³-hybridized carbons (Fsp3) is 0.154. The smallest absolute Gasteiger partial charge is 0.260 e. The lowest BCUT2D eigenvalue weighted by molar-refractivity contribution is 0.102. The maximum atomic E-state index is 12.1. The van der Waals surface area contributed by atoms with Gasteiger partial charge in [-0.2, -0.15) is 0 Å². The number of halogens is 1. The summed E-state index contributed by atoms with van der Waals surface area (Å²) in [6.07, 6.45) is 2.38. The first-order chi connectivity index (χ1) is 9.80. The minimum absolute atomic E-state index is 0.0264. The Morgan fingerprint density at radius 1 is 1.29 bits per heavy atom. The summed E-state index contributed by atoms with van der Waals surface area (Å²) in [4.78, 5) is 12.1. The van der Waals surface area contributed by atoms with Crippen molar-refractivity contribution in [3.05, 3.63) is 47.4 Å². The summed E-state index contributed by atoms with van der Waals surface area (Å²) in [5, 5.41) is 2.59. The number of hydrogen-bond acceptors (Lipinski definition) is 4. The van der Waals surface area contributed by atoms with Crippen molar-refractivity contribution in [2.24, 2.45) is 0 Å². The van der Waals surface area contributed by atoms with Gasteiger partial charge in [0.15, 0.2) is 0 Å². The largest absolute Gasteiger partial charge is 0.452 e. The summed E-state index contributed by atoms with van der Waals surface area (Å²) in [6.45, 7) is 0. The molecule has 6 nitrogen and oxygen atoms in total. The molecule has 2 rings (SSSR count). The zero-order valence-corrected chi connectivity index (χ0v) is 12.9. The number of rotatable bonds is 4. The molecule has 0 aliphatic heterocycles. The van der Waals surface area contributed by atoms with Crippen LogP contribution in [-0.2, 0) is 10.0 Å². The van der Waals surface area contributed by atoms with Gasteiger partial charge in [-0.25, -0.2) is 8.42 Å². The zero-order chi connectivity index (χ0) is 15.6. The van der Waals surface area contributed by atoms with E-state index < -0.39 is 15.9 Å². The third-order valence-electron chi connectivity index (χ3n) is 2.85. The van der Waals surface area contributed by atoms with E-state index in [-0.39, 0.29) is 10.8 Å². The SMILES string of the molecule is CN(c1ccccc1NC(=O)c1ccoc1Cl)S(C)(=O)=O. The van der Waals surface area contributed by atoms with E-state index >= 15 is 0 Å². The predicted octanol–water partition coefficient (Wildman–Crippen LogP) is 2.58. The molecule has 0 spiro atoms. The third-order valence-corrected chi connectivity index (χ3v) is 4.34. The van der Waals surface area contributed by atoms with Gasteiger partial charge in [-0.05, 0) is 29.8 Å². The summed E-state index contributed by atoms with van der Waals surface area (Å²) in [6, 6.07) is 7.99. The number of para-hydroxylation sites is 2. The molecule has 1 amide bonds. The standard InChI is InChI=1S/C13H13ClN2O4S/c1-16(21(2,18)19)11-6-4-3-5-10(11)15-13(17)9-7-8-20-12(9)14/h3-8H,1-2H3,(H,15,17). The molecule has 0 atom stereocenters. The van der Waals surface area contributed by atoms with E-state index in [1.165, 1.54) is 19.4 Å². The molecule has 0 saturated carbocycles. The van der Waals surface area contributed by atoms with Crippen LogP contribution in [0, 0.1) is 0 Å². The van der Waals surface area contributed by atoms with E-state index in [4.69, 9.17) is 16.0 Å². The Bertz CT molecular complexity index is 770. The zero-order valence-electron chi connectivity index (χ0n) is 11.3. The summed E-state index contributed by atoms with van der Waals surface area (Å²) < 4.78 is 29.2. The molecule has 1 heterocycles. The van der Waals surface area contributed by atoms with Gasteiger partial charge < -0.3 is 9.73 Å². The minimum atomic E-state index is -3.44.